The van der Waals surface area contributed by atoms with Crippen LogP contribution in [0.15, 0.2) is 54.1 Å². The van der Waals surface area contributed by atoms with Gasteiger partial charge in [-0.25, -0.2) is 0 Å². The Balaban J connectivity index is 2.22. The van der Waals surface area contributed by atoms with E-state index in [1.807, 2.05) is 32.8 Å². The predicted molar refractivity (Wildman–Crippen MR) is 123 cm³/mol. The number of carbonyl (C=O) groups is 2. The highest BCUT2D eigenvalue weighted by molar-refractivity contribution is 6.46. The van der Waals surface area contributed by atoms with Gasteiger partial charge >= 0.3 is 0 Å². The molecule has 1 heterocycles. The van der Waals surface area contributed by atoms with Crippen LogP contribution in [0.5, 0.6) is 5.75 Å². The zero-order chi connectivity index (χ0) is 24.3. The molecule has 0 saturated carbocycles. The van der Waals surface area contributed by atoms with E-state index in [1.165, 1.54) is 29.2 Å². The van der Waals surface area contributed by atoms with Crippen LogP contribution in [-0.4, -0.2) is 64.8 Å². The third-order valence-corrected chi connectivity index (χ3v) is 5.23. The molecule has 1 N–H and O–H groups in total. The quantitative estimate of drug-likeness (QED) is 0.214. The molecule has 33 heavy (non-hydrogen) atoms. The van der Waals surface area contributed by atoms with Crippen molar-refractivity contribution in [2.45, 2.75) is 26.0 Å². The van der Waals surface area contributed by atoms with Gasteiger partial charge in [-0.15, -0.1) is 0 Å². The number of non-ortho nitro benzene ring substituents is 1. The molecule has 0 bridgehead atoms. The Morgan fingerprint density at radius 1 is 1.18 bits per heavy atom. The van der Waals surface area contributed by atoms with Gasteiger partial charge in [-0.2, -0.15) is 0 Å². The van der Waals surface area contributed by atoms with Crippen molar-refractivity contribution in [1.82, 2.24) is 9.80 Å². The lowest BCUT2D eigenvalue weighted by Gasteiger charge is -2.28. The highest BCUT2D eigenvalue weighted by Gasteiger charge is 2.47. The maximum atomic E-state index is 13.1. The van der Waals surface area contributed by atoms with Crippen LogP contribution in [0.1, 0.15) is 31.0 Å². The van der Waals surface area contributed by atoms with Crippen molar-refractivity contribution in [2.75, 3.05) is 27.2 Å². The molecule has 1 aliphatic heterocycles. The van der Waals surface area contributed by atoms with Gasteiger partial charge < -0.3 is 19.6 Å². The number of amides is 1. The molecule has 0 radical (unpaired) electrons. The van der Waals surface area contributed by atoms with Gasteiger partial charge in [-0.1, -0.05) is 30.3 Å². The first-order chi connectivity index (χ1) is 15.6. The summed E-state index contributed by atoms with van der Waals surface area (Å²) >= 11 is 0. The lowest BCUT2D eigenvalue weighted by Crippen LogP contribution is -2.35. The number of nitro groups is 1. The van der Waals surface area contributed by atoms with Crippen molar-refractivity contribution in [3.8, 4) is 5.75 Å². The number of hydrogen-bond acceptors (Lipinski definition) is 7. The number of likely N-dealkylation sites (N-methyl/N-ethyl adjacent to an activating group) is 1. The number of ether oxygens (including phenoxy) is 1. The van der Waals surface area contributed by atoms with Crippen LogP contribution in [-0.2, 0) is 9.59 Å². The molecule has 9 heteroatoms. The van der Waals surface area contributed by atoms with Gasteiger partial charge in [0.2, 0.25) is 0 Å². The molecule has 3 rings (SSSR count). The molecule has 1 saturated heterocycles. The second kappa shape index (κ2) is 9.83. The standard InChI is InChI=1S/C24H27N3O6/c1-15(2)33-19-11-6-5-10-18(19)21-20(23(29)24(30)26(21)13-12-25(3)4)22(28)16-8-7-9-17(14-16)27(31)32/h5-11,14-15,21,28H,12-13H2,1-4H3/b22-20-. The minimum atomic E-state index is -0.904. The molecular formula is C24H27N3O6. The minimum Gasteiger partial charge on any atom is -0.507 e. The smallest absolute Gasteiger partial charge is 0.295 e. The normalized spacial score (nSPS) is 17.8. The van der Waals surface area contributed by atoms with Crippen molar-refractivity contribution < 1.29 is 24.4 Å². The molecule has 2 aromatic carbocycles. The number of ketones is 1. The van der Waals surface area contributed by atoms with Crippen LogP contribution in [0, 0.1) is 10.1 Å². The molecule has 1 aliphatic rings. The molecule has 1 unspecified atom stereocenters. The number of carbonyl (C=O) groups excluding carboxylic acids is 2. The summed E-state index contributed by atoms with van der Waals surface area (Å²) in [5, 5.41) is 22.3. The van der Waals surface area contributed by atoms with Crippen LogP contribution < -0.4 is 4.74 Å². The number of para-hydroxylation sites is 1. The molecule has 2 aromatic rings. The summed E-state index contributed by atoms with van der Waals surface area (Å²) in [6.07, 6.45) is -0.160. The molecule has 9 nitrogen and oxygen atoms in total. The maximum Gasteiger partial charge on any atom is 0.295 e. The fourth-order valence-corrected chi connectivity index (χ4v) is 3.73. The average Bonchev–Trinajstić information content (AvgIpc) is 3.01. The van der Waals surface area contributed by atoms with Crippen molar-refractivity contribution >= 4 is 23.1 Å². The Hall–Kier alpha value is -3.72. The van der Waals surface area contributed by atoms with E-state index < -0.39 is 28.4 Å². The number of aliphatic hydroxyl groups is 1. The van der Waals surface area contributed by atoms with Crippen LogP contribution >= 0.6 is 0 Å². The number of Topliss-reactive ketones (excluding diaryl/α,β-unsaturated/α-hetero) is 1. The van der Waals surface area contributed by atoms with Gasteiger partial charge in [0.15, 0.2) is 0 Å². The summed E-state index contributed by atoms with van der Waals surface area (Å²) in [5.41, 5.74) is 0.276. The summed E-state index contributed by atoms with van der Waals surface area (Å²) in [4.78, 5) is 40.0. The van der Waals surface area contributed by atoms with Crippen molar-refractivity contribution in [2.24, 2.45) is 0 Å². The van der Waals surface area contributed by atoms with E-state index >= 15 is 0 Å². The van der Waals surface area contributed by atoms with E-state index in [0.717, 1.165) is 0 Å². The molecule has 0 aromatic heterocycles. The third kappa shape index (κ3) is 5.04. The first kappa shape index (κ1) is 23.9. The molecule has 1 fully saturated rings. The second-order valence-corrected chi connectivity index (χ2v) is 8.31. The van der Waals surface area contributed by atoms with Crippen LogP contribution in [0.3, 0.4) is 0 Å². The highest BCUT2D eigenvalue weighted by Crippen LogP contribution is 2.43. The summed E-state index contributed by atoms with van der Waals surface area (Å²) < 4.78 is 5.93. The molecule has 174 valence electrons. The van der Waals surface area contributed by atoms with Gasteiger partial charge in [0.1, 0.15) is 11.5 Å². The van der Waals surface area contributed by atoms with E-state index in [-0.39, 0.29) is 29.5 Å². The van der Waals surface area contributed by atoms with Gasteiger partial charge in [0.25, 0.3) is 17.4 Å². The average molecular weight is 453 g/mol. The lowest BCUT2D eigenvalue weighted by molar-refractivity contribution is -0.384. The summed E-state index contributed by atoms with van der Waals surface area (Å²) in [6.45, 7) is 4.46. The van der Waals surface area contributed by atoms with Crippen molar-refractivity contribution in [1.29, 1.82) is 0 Å². The predicted octanol–water partition coefficient (Wildman–Crippen LogP) is 3.37. The van der Waals surface area contributed by atoms with E-state index in [0.29, 0.717) is 17.9 Å². The Morgan fingerprint density at radius 3 is 2.52 bits per heavy atom. The van der Waals surface area contributed by atoms with Gasteiger partial charge in [0, 0.05) is 36.3 Å². The van der Waals surface area contributed by atoms with Gasteiger partial charge in [-0.05, 0) is 34.0 Å². The monoisotopic (exact) mass is 453 g/mol. The maximum absolute atomic E-state index is 13.1. The zero-order valence-electron chi connectivity index (χ0n) is 19.0. The largest absolute Gasteiger partial charge is 0.507 e. The number of rotatable bonds is 8. The van der Waals surface area contributed by atoms with Crippen molar-refractivity contribution in [3.05, 3.63) is 75.3 Å². The zero-order valence-corrected chi connectivity index (χ0v) is 19.0. The summed E-state index contributed by atoms with van der Waals surface area (Å²) in [5.74, 6) is -1.57. The van der Waals surface area contributed by atoms with E-state index in [1.54, 1.807) is 24.3 Å². The van der Waals surface area contributed by atoms with E-state index in [2.05, 4.69) is 0 Å². The SMILES string of the molecule is CC(C)Oc1ccccc1C1/C(=C(/O)c2cccc([N+](=O)[O-])c2)C(=O)C(=O)N1CCN(C)C. The Bertz CT molecular complexity index is 1110. The third-order valence-electron chi connectivity index (χ3n) is 5.23. The Kier molecular flexibility index (Phi) is 7.13. The summed E-state index contributed by atoms with van der Waals surface area (Å²) in [6, 6.07) is 11.5. The fraction of sp³-hybridized carbons (Fsp3) is 0.333. The van der Waals surface area contributed by atoms with Crippen molar-refractivity contribution in [3.63, 3.8) is 0 Å². The number of likely N-dealkylation sites (tertiary alicyclic amines) is 1. The van der Waals surface area contributed by atoms with Gasteiger partial charge in [-0.3, -0.25) is 19.7 Å². The number of nitro benzene ring substituents is 1. The van der Waals surface area contributed by atoms with E-state index in [9.17, 15) is 24.8 Å². The van der Waals surface area contributed by atoms with Crippen LogP contribution in [0.2, 0.25) is 0 Å². The summed E-state index contributed by atoms with van der Waals surface area (Å²) in [7, 11) is 3.70. The first-order valence-electron chi connectivity index (χ1n) is 10.5. The van der Waals surface area contributed by atoms with E-state index in [4.69, 9.17) is 4.74 Å². The number of benzene rings is 2. The molecular weight excluding hydrogens is 426 g/mol. The lowest BCUT2D eigenvalue weighted by atomic mass is 9.94. The van der Waals surface area contributed by atoms with Crippen LogP contribution in [0.25, 0.3) is 5.76 Å². The Morgan fingerprint density at radius 2 is 1.88 bits per heavy atom. The molecule has 1 atom stereocenters. The topological polar surface area (TPSA) is 113 Å². The van der Waals surface area contributed by atoms with Gasteiger partial charge in [0.05, 0.1) is 22.6 Å². The molecule has 1 amide bonds. The number of nitrogens with zero attached hydrogens (tertiary/aromatic N) is 3. The number of hydrogen-bond donors (Lipinski definition) is 1. The number of aliphatic hydroxyl groups excluding tert-OH is 1. The molecule has 0 aliphatic carbocycles. The van der Waals surface area contributed by atoms with Crippen LogP contribution in [0.4, 0.5) is 5.69 Å². The first-order valence-corrected chi connectivity index (χ1v) is 10.5. The second-order valence-electron chi connectivity index (χ2n) is 8.31. The Labute approximate surface area is 192 Å². The minimum absolute atomic E-state index is 0.0852. The fourth-order valence-electron chi connectivity index (χ4n) is 3.73. The molecule has 0 spiro atoms. The highest BCUT2D eigenvalue weighted by atomic mass is 16.6.